The molecule has 0 bridgehead atoms. The average Bonchev–Trinajstić information content (AvgIpc) is 3.69. The zero-order valence-corrected chi connectivity index (χ0v) is 24.5. The van der Waals surface area contributed by atoms with E-state index in [0.29, 0.717) is 29.6 Å². The summed E-state index contributed by atoms with van der Waals surface area (Å²) in [6, 6.07) is 0.834. The Morgan fingerprint density at radius 1 is 1.05 bits per heavy atom. The minimum Gasteiger partial charge on any atom is -0.446 e. The van der Waals surface area contributed by atoms with Gasteiger partial charge in [0.15, 0.2) is 0 Å². The summed E-state index contributed by atoms with van der Waals surface area (Å²) in [4.78, 5) is 21.4. The lowest BCUT2D eigenvalue weighted by atomic mass is 9.91. The van der Waals surface area contributed by atoms with Gasteiger partial charge in [0, 0.05) is 43.4 Å². The van der Waals surface area contributed by atoms with Crippen LogP contribution >= 0.6 is 11.6 Å². The molecule has 1 atom stereocenters. The van der Waals surface area contributed by atoms with E-state index in [2.05, 4.69) is 38.2 Å². The second-order valence-corrected chi connectivity index (χ2v) is 12.0. The van der Waals surface area contributed by atoms with E-state index in [4.69, 9.17) is 21.3 Å². The highest BCUT2D eigenvalue weighted by molar-refractivity contribution is 6.32. The number of nitrogens with one attached hydrogen (secondary N) is 3. The molecule has 2 saturated carbocycles. The van der Waals surface area contributed by atoms with Gasteiger partial charge in [0.05, 0.1) is 23.1 Å². The average molecular weight is 570 g/mol. The number of alkyl carbamates (subject to hydrolysis) is 1. The van der Waals surface area contributed by atoms with Gasteiger partial charge in [0.1, 0.15) is 6.10 Å². The Morgan fingerprint density at radius 3 is 2.70 bits per heavy atom. The van der Waals surface area contributed by atoms with Crippen molar-refractivity contribution < 1.29 is 9.53 Å². The predicted octanol–water partition coefficient (Wildman–Crippen LogP) is 5.80. The van der Waals surface area contributed by atoms with Crippen LogP contribution in [0.4, 0.5) is 10.7 Å². The number of allylic oxidation sites excluding steroid dienone is 1. The Kier molecular flexibility index (Phi) is 10.3. The van der Waals surface area contributed by atoms with E-state index in [-0.39, 0.29) is 12.2 Å². The van der Waals surface area contributed by atoms with Crippen molar-refractivity contribution in [3.05, 3.63) is 35.3 Å². The van der Waals surface area contributed by atoms with Crippen molar-refractivity contribution in [1.82, 2.24) is 30.4 Å². The molecule has 9 nitrogen and oxygen atoms in total. The lowest BCUT2D eigenvalue weighted by Crippen LogP contribution is -2.38. The number of aromatic nitrogens is 4. The van der Waals surface area contributed by atoms with Gasteiger partial charge in [-0.15, -0.1) is 0 Å². The first-order valence-corrected chi connectivity index (χ1v) is 15.6. The number of hydrogen-bond donors (Lipinski definition) is 3. The van der Waals surface area contributed by atoms with E-state index in [9.17, 15) is 4.79 Å². The molecule has 40 heavy (non-hydrogen) atoms. The summed E-state index contributed by atoms with van der Waals surface area (Å²) in [5.74, 6) is 1.38. The molecule has 5 rings (SSSR count). The van der Waals surface area contributed by atoms with Crippen LogP contribution in [0.15, 0.2) is 24.5 Å². The van der Waals surface area contributed by atoms with Gasteiger partial charge >= 0.3 is 6.09 Å². The van der Waals surface area contributed by atoms with Crippen molar-refractivity contribution in [3.8, 4) is 11.3 Å². The molecule has 0 aromatic carbocycles. The van der Waals surface area contributed by atoms with Gasteiger partial charge in [-0.1, -0.05) is 23.8 Å². The number of halogens is 1. The van der Waals surface area contributed by atoms with Crippen LogP contribution in [0.5, 0.6) is 0 Å². The lowest BCUT2D eigenvalue weighted by molar-refractivity contribution is 0.0918. The predicted molar refractivity (Wildman–Crippen MR) is 158 cm³/mol. The molecule has 0 saturated heterocycles. The third-order valence-electron chi connectivity index (χ3n) is 8.34. The first-order valence-electron chi connectivity index (χ1n) is 15.2. The van der Waals surface area contributed by atoms with Crippen LogP contribution in [0.2, 0.25) is 5.02 Å². The summed E-state index contributed by atoms with van der Waals surface area (Å²) in [6.45, 7) is 1.51. The normalized spacial score (nSPS) is 24.1. The van der Waals surface area contributed by atoms with Crippen LogP contribution in [0.3, 0.4) is 0 Å². The Bertz CT molecular complexity index is 1140. The molecule has 218 valence electrons. The summed E-state index contributed by atoms with van der Waals surface area (Å²) >= 11 is 6.54. The van der Waals surface area contributed by atoms with Crippen molar-refractivity contribution in [2.45, 2.75) is 102 Å². The van der Waals surface area contributed by atoms with Gasteiger partial charge in [0.25, 0.3) is 0 Å². The number of carbonyl (C=O) groups is 1. The second kappa shape index (κ2) is 14.3. The molecule has 0 aliphatic heterocycles. The van der Waals surface area contributed by atoms with Crippen molar-refractivity contribution in [2.75, 3.05) is 18.4 Å². The highest BCUT2D eigenvalue weighted by atomic mass is 35.5. The fourth-order valence-electron chi connectivity index (χ4n) is 5.75. The van der Waals surface area contributed by atoms with Gasteiger partial charge in [-0.05, 0) is 89.5 Å². The number of carbonyl (C=O) groups excluding carboxylic acids is 1. The number of anilines is 1. The Hall–Kier alpha value is -2.65. The first kappa shape index (κ1) is 28.9. The molecular formula is C30H44ClN7O2. The fraction of sp³-hybridized carbons (Fsp3) is 0.667. The van der Waals surface area contributed by atoms with Crippen molar-refractivity contribution in [3.63, 3.8) is 0 Å². The summed E-state index contributed by atoms with van der Waals surface area (Å²) in [7, 11) is 1.99. The quantitative estimate of drug-likeness (QED) is 0.232. The largest absolute Gasteiger partial charge is 0.446 e. The highest BCUT2D eigenvalue weighted by Crippen LogP contribution is 2.37. The molecule has 2 aromatic heterocycles. The molecule has 1 unspecified atom stereocenters. The maximum absolute atomic E-state index is 12.1. The zero-order chi connectivity index (χ0) is 27.7. The summed E-state index contributed by atoms with van der Waals surface area (Å²) in [6.07, 6.45) is 21.6. The van der Waals surface area contributed by atoms with Crippen molar-refractivity contribution in [1.29, 1.82) is 0 Å². The maximum Gasteiger partial charge on any atom is 0.407 e. The lowest BCUT2D eigenvalue weighted by Gasteiger charge is -2.30. The van der Waals surface area contributed by atoms with E-state index in [1.807, 2.05) is 17.9 Å². The SMILES string of the molecule is Cn1ncc(-c2nc(N[C@H]3CC[C@H](NCCCNC(=O)OC4C/C=C/CCCC4)CC3)ncc2Cl)c1CC1CC1. The second-order valence-electron chi connectivity index (χ2n) is 11.6. The van der Waals surface area contributed by atoms with E-state index in [0.717, 1.165) is 87.9 Å². The van der Waals surface area contributed by atoms with Gasteiger partial charge in [-0.25, -0.2) is 14.8 Å². The monoisotopic (exact) mass is 569 g/mol. The topological polar surface area (TPSA) is 106 Å². The van der Waals surface area contributed by atoms with Crippen LogP contribution in [-0.4, -0.2) is 57.1 Å². The van der Waals surface area contributed by atoms with E-state index < -0.39 is 0 Å². The van der Waals surface area contributed by atoms with Gasteiger partial charge in [0.2, 0.25) is 5.95 Å². The third-order valence-corrected chi connectivity index (χ3v) is 8.62. The standard InChI is InChI=1S/C30H44ClN7O2/c1-38-27(18-21-10-11-21)25(19-35-38)28-26(31)20-34-29(37-28)36-23-14-12-22(13-15-23)32-16-7-17-33-30(39)40-24-8-5-3-2-4-6-9-24/h3,5,19-24,32H,2,4,6-18H2,1H3,(H,33,39)(H,34,36,37)/b5-3+/t22-,23-,24?. The van der Waals surface area contributed by atoms with Crippen LogP contribution in [0, 0.1) is 5.92 Å². The number of ether oxygens (including phenoxy) is 1. The number of hydrogen-bond acceptors (Lipinski definition) is 7. The molecule has 3 N–H and O–H groups in total. The van der Waals surface area contributed by atoms with Crippen molar-refractivity contribution in [2.24, 2.45) is 13.0 Å². The Balaban J connectivity index is 1.00. The summed E-state index contributed by atoms with van der Waals surface area (Å²) in [5.41, 5.74) is 2.97. The molecule has 0 spiro atoms. The van der Waals surface area contributed by atoms with Crippen molar-refractivity contribution >= 4 is 23.6 Å². The van der Waals surface area contributed by atoms with Crippen LogP contribution in [0.1, 0.15) is 82.7 Å². The minimum atomic E-state index is -0.291. The Morgan fingerprint density at radius 2 is 1.88 bits per heavy atom. The summed E-state index contributed by atoms with van der Waals surface area (Å²) < 4.78 is 7.55. The molecule has 3 aliphatic carbocycles. The van der Waals surface area contributed by atoms with Crippen LogP contribution in [0.25, 0.3) is 11.3 Å². The maximum atomic E-state index is 12.1. The molecule has 2 fully saturated rings. The van der Waals surface area contributed by atoms with Crippen LogP contribution < -0.4 is 16.0 Å². The number of aryl methyl sites for hydroxylation is 1. The van der Waals surface area contributed by atoms with E-state index in [1.165, 1.54) is 25.0 Å². The first-order chi connectivity index (χ1) is 19.5. The molecule has 10 heteroatoms. The zero-order valence-electron chi connectivity index (χ0n) is 23.7. The number of rotatable bonds is 11. The summed E-state index contributed by atoms with van der Waals surface area (Å²) in [5, 5.41) is 15.2. The third kappa shape index (κ3) is 8.43. The minimum absolute atomic E-state index is 0.00322. The molecule has 3 aliphatic rings. The fourth-order valence-corrected chi connectivity index (χ4v) is 5.94. The van der Waals surface area contributed by atoms with Crippen LogP contribution in [-0.2, 0) is 18.2 Å². The number of nitrogens with zero attached hydrogens (tertiary/aromatic N) is 4. The highest BCUT2D eigenvalue weighted by Gasteiger charge is 2.27. The number of amides is 1. The van der Waals surface area contributed by atoms with Gasteiger partial charge < -0.3 is 20.7 Å². The van der Waals surface area contributed by atoms with Gasteiger partial charge in [-0.3, -0.25) is 4.68 Å². The van der Waals surface area contributed by atoms with E-state index in [1.54, 1.807) is 6.20 Å². The smallest absolute Gasteiger partial charge is 0.407 e. The van der Waals surface area contributed by atoms with Gasteiger partial charge in [-0.2, -0.15) is 5.10 Å². The molecule has 0 radical (unpaired) electrons. The molecular weight excluding hydrogens is 526 g/mol. The molecule has 2 heterocycles. The molecule has 2 aromatic rings. The molecule has 1 amide bonds. The van der Waals surface area contributed by atoms with E-state index >= 15 is 0 Å². The Labute approximate surface area is 242 Å².